The number of carbonyl (C=O) groups excluding carboxylic acids is 1. The molecule has 0 heterocycles. The molecule has 1 amide bonds. The number of rotatable bonds is 9. The highest BCUT2D eigenvalue weighted by Crippen LogP contribution is 2.26. The van der Waals surface area contributed by atoms with E-state index in [9.17, 15) is 4.79 Å². The summed E-state index contributed by atoms with van der Waals surface area (Å²) in [6, 6.07) is 27.0. The van der Waals surface area contributed by atoms with Gasteiger partial charge in [0.2, 0.25) is 5.91 Å². The summed E-state index contributed by atoms with van der Waals surface area (Å²) in [7, 11) is 0. The van der Waals surface area contributed by atoms with Gasteiger partial charge in [-0.2, -0.15) is 0 Å². The second-order valence-corrected chi connectivity index (χ2v) is 6.31. The van der Waals surface area contributed by atoms with E-state index in [0.717, 1.165) is 22.6 Å². The Morgan fingerprint density at radius 3 is 1.93 bits per heavy atom. The van der Waals surface area contributed by atoms with Gasteiger partial charge in [0.25, 0.3) is 0 Å². The first kappa shape index (κ1) is 19.6. The molecule has 4 nitrogen and oxygen atoms in total. The number of nitrogens with one attached hydrogen (secondary N) is 1. The molecular weight excluding hydrogens is 350 g/mol. The molecule has 3 aromatic rings. The van der Waals surface area contributed by atoms with Crippen molar-refractivity contribution in [1.82, 2.24) is 0 Å². The van der Waals surface area contributed by atoms with Crippen LogP contribution in [0.25, 0.3) is 0 Å². The van der Waals surface area contributed by atoms with Gasteiger partial charge >= 0.3 is 0 Å². The van der Waals surface area contributed by atoms with Gasteiger partial charge in [0, 0.05) is 12.3 Å². The van der Waals surface area contributed by atoms with Crippen LogP contribution in [-0.2, 0) is 9.53 Å². The SMILES string of the molecule is CCOCCOc1ccc(NC(=O)C(c2ccccc2)c2ccccc2)cc1. The number of carbonyl (C=O) groups is 1. The van der Waals surface area contributed by atoms with Crippen molar-refractivity contribution < 1.29 is 14.3 Å². The van der Waals surface area contributed by atoms with E-state index in [0.29, 0.717) is 19.8 Å². The fourth-order valence-corrected chi connectivity index (χ4v) is 3.00. The lowest BCUT2D eigenvalue weighted by molar-refractivity contribution is -0.116. The monoisotopic (exact) mass is 375 g/mol. The van der Waals surface area contributed by atoms with E-state index in [1.807, 2.05) is 91.9 Å². The van der Waals surface area contributed by atoms with E-state index in [2.05, 4.69) is 5.32 Å². The first-order valence-corrected chi connectivity index (χ1v) is 9.49. The minimum atomic E-state index is -0.371. The standard InChI is InChI=1S/C24H25NO3/c1-2-27-17-18-28-22-15-13-21(14-16-22)25-24(26)23(19-9-5-3-6-10-19)20-11-7-4-8-12-20/h3-16,23H,2,17-18H2,1H3,(H,25,26). The molecule has 0 fully saturated rings. The van der Waals surface area contributed by atoms with Crippen LogP contribution < -0.4 is 10.1 Å². The molecule has 0 atom stereocenters. The molecule has 4 heteroatoms. The zero-order valence-corrected chi connectivity index (χ0v) is 16.0. The summed E-state index contributed by atoms with van der Waals surface area (Å²) in [5, 5.41) is 3.02. The van der Waals surface area contributed by atoms with Gasteiger partial charge < -0.3 is 14.8 Å². The normalized spacial score (nSPS) is 10.6. The van der Waals surface area contributed by atoms with Crippen LogP contribution in [0.3, 0.4) is 0 Å². The highest BCUT2D eigenvalue weighted by Gasteiger charge is 2.22. The van der Waals surface area contributed by atoms with Crippen molar-refractivity contribution in [3.05, 3.63) is 96.1 Å². The molecule has 0 bridgehead atoms. The van der Waals surface area contributed by atoms with Gasteiger partial charge in [-0.3, -0.25) is 4.79 Å². The summed E-state index contributed by atoms with van der Waals surface area (Å²) in [5.74, 6) is 0.312. The van der Waals surface area contributed by atoms with Gasteiger partial charge in [-0.1, -0.05) is 60.7 Å². The smallest absolute Gasteiger partial charge is 0.236 e. The Morgan fingerprint density at radius 2 is 1.39 bits per heavy atom. The number of anilines is 1. The maximum Gasteiger partial charge on any atom is 0.236 e. The average Bonchev–Trinajstić information content (AvgIpc) is 2.74. The zero-order chi connectivity index (χ0) is 19.6. The largest absolute Gasteiger partial charge is 0.491 e. The molecule has 3 rings (SSSR count). The Labute approximate surface area is 166 Å². The number of ether oxygens (including phenoxy) is 2. The fourth-order valence-electron chi connectivity index (χ4n) is 3.00. The lowest BCUT2D eigenvalue weighted by Gasteiger charge is -2.18. The molecule has 144 valence electrons. The van der Waals surface area contributed by atoms with Gasteiger partial charge in [0.05, 0.1) is 12.5 Å². The number of hydrogen-bond donors (Lipinski definition) is 1. The van der Waals surface area contributed by atoms with Gasteiger partial charge in [-0.15, -0.1) is 0 Å². The van der Waals surface area contributed by atoms with Crippen LogP contribution in [0.1, 0.15) is 24.0 Å². The summed E-state index contributed by atoms with van der Waals surface area (Å²) in [6.07, 6.45) is 0. The number of hydrogen-bond acceptors (Lipinski definition) is 3. The number of amides is 1. The van der Waals surface area contributed by atoms with Crippen LogP contribution in [-0.4, -0.2) is 25.7 Å². The zero-order valence-electron chi connectivity index (χ0n) is 16.0. The third-order valence-electron chi connectivity index (χ3n) is 4.35. The van der Waals surface area contributed by atoms with Gasteiger partial charge in [0.15, 0.2) is 0 Å². The Morgan fingerprint density at radius 1 is 0.821 bits per heavy atom. The van der Waals surface area contributed by atoms with Crippen LogP contribution >= 0.6 is 0 Å². The Hall–Kier alpha value is -3.11. The molecule has 0 aliphatic rings. The van der Waals surface area contributed by atoms with Crippen molar-refractivity contribution in [2.24, 2.45) is 0 Å². The van der Waals surface area contributed by atoms with E-state index < -0.39 is 0 Å². The lowest BCUT2D eigenvalue weighted by Crippen LogP contribution is -2.22. The quantitative estimate of drug-likeness (QED) is 0.543. The molecule has 0 saturated heterocycles. The van der Waals surface area contributed by atoms with Crippen LogP contribution in [0.2, 0.25) is 0 Å². The summed E-state index contributed by atoms with van der Waals surface area (Å²) in [4.78, 5) is 13.1. The van der Waals surface area contributed by atoms with E-state index in [-0.39, 0.29) is 11.8 Å². The fraction of sp³-hybridized carbons (Fsp3) is 0.208. The predicted molar refractivity (Wildman–Crippen MR) is 112 cm³/mol. The van der Waals surface area contributed by atoms with Crippen LogP contribution in [0.4, 0.5) is 5.69 Å². The first-order chi connectivity index (χ1) is 13.8. The maximum absolute atomic E-state index is 13.1. The molecule has 1 N–H and O–H groups in total. The highest BCUT2D eigenvalue weighted by atomic mass is 16.5. The van der Waals surface area contributed by atoms with Crippen LogP contribution in [0.5, 0.6) is 5.75 Å². The summed E-state index contributed by atoms with van der Waals surface area (Å²) in [5.41, 5.74) is 2.66. The van der Waals surface area contributed by atoms with E-state index in [1.54, 1.807) is 0 Å². The van der Waals surface area contributed by atoms with E-state index in [4.69, 9.17) is 9.47 Å². The van der Waals surface area contributed by atoms with Crippen LogP contribution in [0.15, 0.2) is 84.9 Å². The third kappa shape index (κ3) is 5.44. The molecule has 0 saturated carbocycles. The molecule has 0 aromatic heterocycles. The highest BCUT2D eigenvalue weighted by molar-refractivity contribution is 5.98. The predicted octanol–water partition coefficient (Wildman–Crippen LogP) is 4.87. The molecular formula is C24H25NO3. The minimum Gasteiger partial charge on any atom is -0.491 e. The lowest BCUT2D eigenvalue weighted by atomic mass is 9.90. The molecule has 0 aliphatic heterocycles. The topological polar surface area (TPSA) is 47.6 Å². The summed E-state index contributed by atoms with van der Waals surface area (Å²) < 4.78 is 10.9. The molecule has 0 spiro atoms. The van der Waals surface area contributed by atoms with Crippen molar-refractivity contribution in [2.45, 2.75) is 12.8 Å². The van der Waals surface area contributed by atoms with Gasteiger partial charge in [0.1, 0.15) is 12.4 Å². The second-order valence-electron chi connectivity index (χ2n) is 6.31. The third-order valence-corrected chi connectivity index (χ3v) is 4.35. The Bertz CT molecular complexity index is 809. The summed E-state index contributed by atoms with van der Waals surface area (Å²) >= 11 is 0. The van der Waals surface area contributed by atoms with E-state index >= 15 is 0 Å². The van der Waals surface area contributed by atoms with Gasteiger partial charge in [-0.05, 0) is 42.3 Å². The first-order valence-electron chi connectivity index (χ1n) is 9.49. The molecule has 0 unspecified atom stereocenters. The molecule has 3 aromatic carbocycles. The summed E-state index contributed by atoms with van der Waals surface area (Å²) in [6.45, 7) is 3.70. The number of benzene rings is 3. The Kier molecular flexibility index (Phi) is 7.21. The van der Waals surface area contributed by atoms with Crippen molar-refractivity contribution in [2.75, 3.05) is 25.1 Å². The molecule has 0 radical (unpaired) electrons. The molecule has 0 aliphatic carbocycles. The molecule has 28 heavy (non-hydrogen) atoms. The Balaban J connectivity index is 1.70. The van der Waals surface area contributed by atoms with E-state index in [1.165, 1.54) is 0 Å². The van der Waals surface area contributed by atoms with Crippen molar-refractivity contribution in [3.63, 3.8) is 0 Å². The van der Waals surface area contributed by atoms with Crippen LogP contribution in [0, 0.1) is 0 Å². The minimum absolute atomic E-state index is 0.0672. The van der Waals surface area contributed by atoms with Crippen molar-refractivity contribution >= 4 is 11.6 Å². The maximum atomic E-state index is 13.1. The average molecular weight is 375 g/mol. The van der Waals surface area contributed by atoms with Crippen molar-refractivity contribution in [1.29, 1.82) is 0 Å². The second kappa shape index (κ2) is 10.3. The van der Waals surface area contributed by atoms with Gasteiger partial charge in [-0.25, -0.2) is 0 Å². The van der Waals surface area contributed by atoms with Crippen molar-refractivity contribution in [3.8, 4) is 5.75 Å².